The number of fused-ring (bicyclic) bond motifs is 1. The molecule has 1 saturated heterocycles. The summed E-state index contributed by atoms with van der Waals surface area (Å²) in [5.41, 5.74) is -0.710. The van der Waals surface area contributed by atoms with Gasteiger partial charge in [0.15, 0.2) is 0 Å². The molecule has 2 N–H and O–H groups in total. The van der Waals surface area contributed by atoms with Crippen LogP contribution in [0.4, 0.5) is 0 Å². The Hall–Kier alpha value is -2.19. The summed E-state index contributed by atoms with van der Waals surface area (Å²) in [4.78, 5) is 25.9. The topological polar surface area (TPSA) is 108 Å². The normalized spacial score (nSPS) is 16.2. The molecule has 2 aromatic rings. The predicted octanol–water partition coefficient (Wildman–Crippen LogP) is 1.01. The van der Waals surface area contributed by atoms with Gasteiger partial charge < -0.3 is 10.1 Å². The number of carboxylic acid groups (broad SMARTS) is 1. The van der Waals surface area contributed by atoms with Crippen LogP contribution in [0.15, 0.2) is 34.1 Å². The van der Waals surface area contributed by atoms with Crippen molar-refractivity contribution >= 4 is 26.9 Å². The van der Waals surface area contributed by atoms with Gasteiger partial charge in [0.1, 0.15) is 5.56 Å². The molecule has 7 nitrogen and oxygen atoms in total. The maximum Gasteiger partial charge on any atom is 0.341 e. The van der Waals surface area contributed by atoms with Crippen LogP contribution in [0.25, 0.3) is 10.9 Å². The van der Waals surface area contributed by atoms with Gasteiger partial charge in [-0.2, -0.15) is 4.31 Å². The SMILES string of the molecule is O=C(O)c1c[nH]c2ccc(S(=O)(=O)N3CCCC3)cc2c1=O. The molecule has 0 amide bonds. The number of hydrogen-bond donors (Lipinski definition) is 2. The van der Waals surface area contributed by atoms with E-state index in [1.807, 2.05) is 0 Å². The van der Waals surface area contributed by atoms with E-state index in [1.165, 1.54) is 22.5 Å². The maximum atomic E-state index is 12.5. The number of rotatable bonds is 3. The summed E-state index contributed by atoms with van der Waals surface area (Å²) in [5, 5.41) is 9.04. The first-order chi connectivity index (χ1) is 10.4. The number of H-pyrrole nitrogens is 1. The Morgan fingerprint density at radius 3 is 2.55 bits per heavy atom. The van der Waals surface area contributed by atoms with Crippen molar-refractivity contribution in [3.8, 4) is 0 Å². The predicted molar refractivity (Wildman–Crippen MR) is 79.5 cm³/mol. The number of carbonyl (C=O) groups is 1. The molecule has 0 atom stereocenters. The molecule has 22 heavy (non-hydrogen) atoms. The number of sulfonamides is 1. The van der Waals surface area contributed by atoms with Gasteiger partial charge in [-0.05, 0) is 31.0 Å². The Labute approximate surface area is 126 Å². The highest BCUT2D eigenvalue weighted by atomic mass is 32.2. The van der Waals surface area contributed by atoms with Gasteiger partial charge >= 0.3 is 5.97 Å². The third-order valence-corrected chi connectivity index (χ3v) is 5.68. The molecule has 0 radical (unpaired) electrons. The smallest absolute Gasteiger partial charge is 0.341 e. The van der Waals surface area contributed by atoms with Crippen molar-refractivity contribution in [2.45, 2.75) is 17.7 Å². The first-order valence-electron chi connectivity index (χ1n) is 6.80. The van der Waals surface area contributed by atoms with Crippen molar-refractivity contribution in [3.05, 3.63) is 40.2 Å². The Morgan fingerprint density at radius 2 is 1.91 bits per heavy atom. The van der Waals surface area contributed by atoms with E-state index in [0.717, 1.165) is 19.0 Å². The Kier molecular flexibility index (Phi) is 3.50. The number of carboxylic acids is 1. The summed E-state index contributed by atoms with van der Waals surface area (Å²) in [6.07, 6.45) is 2.74. The molecular formula is C14H14N2O5S. The van der Waals surface area contributed by atoms with Gasteiger partial charge in [-0.3, -0.25) is 4.79 Å². The highest BCUT2D eigenvalue weighted by Crippen LogP contribution is 2.22. The zero-order valence-electron chi connectivity index (χ0n) is 11.6. The lowest BCUT2D eigenvalue weighted by Crippen LogP contribution is -2.28. The summed E-state index contributed by atoms with van der Waals surface area (Å²) < 4.78 is 26.4. The van der Waals surface area contributed by atoms with Gasteiger partial charge in [-0.25, -0.2) is 13.2 Å². The zero-order chi connectivity index (χ0) is 15.9. The number of benzene rings is 1. The first-order valence-corrected chi connectivity index (χ1v) is 8.24. The quantitative estimate of drug-likeness (QED) is 0.877. The number of pyridine rings is 1. The van der Waals surface area contributed by atoms with Crippen molar-refractivity contribution in [1.82, 2.24) is 9.29 Å². The van der Waals surface area contributed by atoms with Crippen LogP contribution in [0.1, 0.15) is 23.2 Å². The lowest BCUT2D eigenvalue weighted by Gasteiger charge is -2.15. The van der Waals surface area contributed by atoms with Gasteiger partial charge in [0.25, 0.3) is 0 Å². The van der Waals surface area contributed by atoms with E-state index in [1.54, 1.807) is 0 Å². The standard InChI is InChI=1S/C14H14N2O5S/c17-13-10-7-9(22(20,21)16-5-1-2-6-16)3-4-12(10)15-8-11(13)14(18)19/h3-4,7-8H,1-2,5-6H2,(H,15,17)(H,18,19). The second-order valence-electron chi connectivity index (χ2n) is 5.16. The van der Waals surface area contributed by atoms with Crippen LogP contribution in [0.5, 0.6) is 0 Å². The maximum absolute atomic E-state index is 12.5. The van der Waals surface area contributed by atoms with Gasteiger partial charge in [0.2, 0.25) is 15.5 Å². The van der Waals surface area contributed by atoms with Crippen LogP contribution in [0.3, 0.4) is 0 Å². The van der Waals surface area contributed by atoms with Crippen LogP contribution < -0.4 is 5.43 Å². The summed E-state index contributed by atoms with van der Waals surface area (Å²) in [6, 6.07) is 4.14. The molecule has 2 heterocycles. The molecule has 0 bridgehead atoms. The fourth-order valence-electron chi connectivity index (χ4n) is 2.59. The minimum absolute atomic E-state index is 0.00920. The Morgan fingerprint density at radius 1 is 1.23 bits per heavy atom. The lowest BCUT2D eigenvalue weighted by molar-refractivity contribution is 0.0695. The Bertz CT molecular complexity index is 910. The summed E-state index contributed by atoms with van der Waals surface area (Å²) in [6.45, 7) is 0.928. The fraction of sp³-hybridized carbons (Fsp3) is 0.286. The van der Waals surface area contributed by atoms with Crippen molar-refractivity contribution in [1.29, 1.82) is 0 Å². The average molecular weight is 322 g/mol. The third kappa shape index (κ3) is 2.30. The fourth-order valence-corrected chi connectivity index (χ4v) is 4.14. The van der Waals surface area contributed by atoms with Gasteiger partial charge in [-0.15, -0.1) is 0 Å². The number of hydrogen-bond acceptors (Lipinski definition) is 4. The molecule has 8 heteroatoms. The van der Waals surface area contributed by atoms with E-state index in [0.29, 0.717) is 18.6 Å². The number of aromatic nitrogens is 1. The molecular weight excluding hydrogens is 308 g/mol. The van der Waals surface area contributed by atoms with Crippen molar-refractivity contribution in [3.63, 3.8) is 0 Å². The molecule has 0 spiro atoms. The highest BCUT2D eigenvalue weighted by Gasteiger charge is 2.27. The number of aromatic amines is 1. The van der Waals surface area contributed by atoms with E-state index in [-0.39, 0.29) is 10.3 Å². The minimum atomic E-state index is -3.65. The molecule has 3 rings (SSSR count). The Balaban J connectivity index is 2.19. The van der Waals surface area contributed by atoms with Crippen LogP contribution in [-0.4, -0.2) is 41.9 Å². The van der Waals surface area contributed by atoms with Gasteiger partial charge in [-0.1, -0.05) is 0 Å². The monoisotopic (exact) mass is 322 g/mol. The summed E-state index contributed by atoms with van der Waals surface area (Å²) in [7, 11) is -3.65. The van der Waals surface area contributed by atoms with Gasteiger partial charge in [0, 0.05) is 30.2 Å². The van der Waals surface area contributed by atoms with Crippen molar-refractivity contribution in [2.75, 3.05) is 13.1 Å². The van der Waals surface area contributed by atoms with Gasteiger partial charge in [0.05, 0.1) is 4.90 Å². The van der Waals surface area contributed by atoms with E-state index >= 15 is 0 Å². The molecule has 1 aliphatic rings. The van der Waals surface area contributed by atoms with Crippen LogP contribution in [0.2, 0.25) is 0 Å². The van der Waals surface area contributed by atoms with Crippen LogP contribution in [0, 0.1) is 0 Å². The third-order valence-electron chi connectivity index (χ3n) is 3.79. The largest absolute Gasteiger partial charge is 0.477 e. The zero-order valence-corrected chi connectivity index (χ0v) is 12.4. The van der Waals surface area contributed by atoms with E-state index in [2.05, 4.69) is 4.98 Å². The molecule has 1 aliphatic heterocycles. The molecule has 1 aromatic carbocycles. The van der Waals surface area contributed by atoms with Crippen LogP contribution >= 0.6 is 0 Å². The van der Waals surface area contributed by atoms with E-state index < -0.39 is 27.0 Å². The average Bonchev–Trinajstić information content (AvgIpc) is 3.02. The molecule has 1 fully saturated rings. The van der Waals surface area contributed by atoms with Crippen molar-refractivity contribution < 1.29 is 18.3 Å². The molecule has 0 aliphatic carbocycles. The molecule has 0 unspecified atom stereocenters. The summed E-state index contributed by atoms with van der Waals surface area (Å²) >= 11 is 0. The molecule has 116 valence electrons. The number of nitrogens with zero attached hydrogens (tertiary/aromatic N) is 1. The lowest BCUT2D eigenvalue weighted by atomic mass is 10.1. The van der Waals surface area contributed by atoms with Crippen LogP contribution in [-0.2, 0) is 10.0 Å². The second kappa shape index (κ2) is 5.22. The molecule has 1 aromatic heterocycles. The summed E-state index contributed by atoms with van der Waals surface area (Å²) in [5.74, 6) is -1.35. The first kappa shape index (κ1) is 14.7. The second-order valence-corrected chi connectivity index (χ2v) is 7.09. The molecule has 0 saturated carbocycles. The van der Waals surface area contributed by atoms with E-state index in [4.69, 9.17) is 5.11 Å². The minimum Gasteiger partial charge on any atom is -0.477 e. The number of nitrogens with one attached hydrogen (secondary N) is 1. The number of aromatic carboxylic acids is 1. The van der Waals surface area contributed by atoms with E-state index in [9.17, 15) is 18.0 Å². The highest BCUT2D eigenvalue weighted by molar-refractivity contribution is 7.89. The van der Waals surface area contributed by atoms with Crippen molar-refractivity contribution in [2.24, 2.45) is 0 Å².